The quantitative estimate of drug-likeness (QED) is 0.839. The smallest absolute Gasteiger partial charge is 0.335 e. The molecule has 1 aromatic rings. The summed E-state index contributed by atoms with van der Waals surface area (Å²) in [6.07, 6.45) is -2.60. The molecule has 15 heavy (non-hydrogen) atoms. The molecule has 2 nitrogen and oxygen atoms in total. The Kier molecular flexibility index (Phi) is 3.07. The number of benzene rings is 1. The zero-order valence-electron chi connectivity index (χ0n) is 8.50. The first kappa shape index (κ1) is 11.6. The van der Waals surface area contributed by atoms with Crippen LogP contribution in [-0.2, 0) is 5.41 Å². The molecule has 0 unspecified atom stereocenters. The molecular weight excluding hydrogens is 202 g/mol. The van der Waals surface area contributed by atoms with E-state index in [4.69, 9.17) is 5.11 Å². The predicted molar refractivity (Wildman–Crippen MR) is 52.4 cm³/mol. The highest BCUT2D eigenvalue weighted by Crippen LogP contribution is 2.32. The molecule has 0 heterocycles. The summed E-state index contributed by atoms with van der Waals surface area (Å²) in [6, 6.07) is 5.85. The van der Waals surface area contributed by atoms with Gasteiger partial charge in [-0.3, -0.25) is 0 Å². The average molecular weight is 214 g/mol. The van der Waals surface area contributed by atoms with Gasteiger partial charge in [0.1, 0.15) is 0 Å². The third-order valence-corrected chi connectivity index (χ3v) is 2.40. The number of carboxylic acid groups (broad SMARTS) is 1. The number of carboxylic acids is 1. The lowest BCUT2D eigenvalue weighted by Gasteiger charge is -2.25. The third kappa shape index (κ3) is 2.14. The Morgan fingerprint density at radius 2 is 1.87 bits per heavy atom. The maximum atomic E-state index is 12.7. The number of hydrogen-bond acceptors (Lipinski definition) is 1. The Labute approximate surface area is 86.5 Å². The summed E-state index contributed by atoms with van der Waals surface area (Å²) in [5, 5.41) is 8.87. The van der Waals surface area contributed by atoms with Crippen molar-refractivity contribution < 1.29 is 18.7 Å². The lowest BCUT2D eigenvalue weighted by atomic mass is 9.82. The van der Waals surface area contributed by atoms with E-state index in [9.17, 15) is 13.6 Å². The zero-order chi connectivity index (χ0) is 11.6. The van der Waals surface area contributed by atoms with E-state index in [-0.39, 0.29) is 11.1 Å². The van der Waals surface area contributed by atoms with E-state index in [1.165, 1.54) is 32.0 Å². The van der Waals surface area contributed by atoms with Crippen molar-refractivity contribution in [2.24, 2.45) is 0 Å². The van der Waals surface area contributed by atoms with Crippen LogP contribution in [0.25, 0.3) is 0 Å². The van der Waals surface area contributed by atoms with Crippen LogP contribution >= 0.6 is 0 Å². The molecular formula is C11H12F2O2. The maximum Gasteiger partial charge on any atom is 0.335 e. The number of alkyl halides is 2. The zero-order valence-corrected chi connectivity index (χ0v) is 8.50. The molecule has 0 aliphatic heterocycles. The second-order valence-corrected chi connectivity index (χ2v) is 3.87. The highest BCUT2D eigenvalue weighted by atomic mass is 19.3. The fraction of sp³-hybridized carbons (Fsp3) is 0.364. The van der Waals surface area contributed by atoms with Crippen molar-refractivity contribution in [2.75, 3.05) is 0 Å². The SMILES string of the molecule is CC(C)(c1ccccc1C(=O)O)C(F)F. The van der Waals surface area contributed by atoms with Gasteiger partial charge >= 0.3 is 5.97 Å². The molecule has 0 aliphatic rings. The number of halogens is 2. The molecule has 0 saturated heterocycles. The van der Waals surface area contributed by atoms with Crippen LogP contribution in [0.5, 0.6) is 0 Å². The van der Waals surface area contributed by atoms with E-state index < -0.39 is 17.8 Å². The van der Waals surface area contributed by atoms with Gasteiger partial charge in [0.2, 0.25) is 6.43 Å². The molecule has 0 fully saturated rings. The Morgan fingerprint density at radius 3 is 2.33 bits per heavy atom. The minimum Gasteiger partial charge on any atom is -0.478 e. The average Bonchev–Trinajstić information content (AvgIpc) is 2.17. The summed E-state index contributed by atoms with van der Waals surface area (Å²) < 4.78 is 25.5. The van der Waals surface area contributed by atoms with Gasteiger partial charge in [-0.25, -0.2) is 13.6 Å². The summed E-state index contributed by atoms with van der Waals surface area (Å²) in [5.41, 5.74) is -1.36. The summed E-state index contributed by atoms with van der Waals surface area (Å²) in [6.45, 7) is 2.67. The number of aromatic carboxylic acids is 1. The maximum absolute atomic E-state index is 12.7. The molecule has 0 saturated carbocycles. The van der Waals surface area contributed by atoms with Gasteiger partial charge in [-0.1, -0.05) is 32.0 Å². The van der Waals surface area contributed by atoms with Gasteiger partial charge in [-0.2, -0.15) is 0 Å². The molecule has 1 N–H and O–H groups in total. The van der Waals surface area contributed by atoms with E-state index in [1.54, 1.807) is 6.07 Å². The molecule has 1 rings (SSSR count). The van der Waals surface area contributed by atoms with E-state index in [0.29, 0.717) is 0 Å². The van der Waals surface area contributed by atoms with Gasteiger partial charge < -0.3 is 5.11 Å². The van der Waals surface area contributed by atoms with Crippen LogP contribution in [0.15, 0.2) is 24.3 Å². The summed E-state index contributed by atoms with van der Waals surface area (Å²) in [7, 11) is 0. The van der Waals surface area contributed by atoms with Crippen molar-refractivity contribution in [1.29, 1.82) is 0 Å². The third-order valence-electron chi connectivity index (χ3n) is 2.40. The molecule has 0 spiro atoms. The van der Waals surface area contributed by atoms with Gasteiger partial charge in [0.15, 0.2) is 0 Å². The Bertz CT molecular complexity index is 373. The summed E-state index contributed by atoms with van der Waals surface area (Å²) in [5.74, 6) is -1.18. The Balaban J connectivity index is 3.31. The van der Waals surface area contributed by atoms with Gasteiger partial charge in [-0.05, 0) is 11.6 Å². The molecule has 0 aromatic heterocycles. The molecule has 82 valence electrons. The van der Waals surface area contributed by atoms with Crippen molar-refractivity contribution in [1.82, 2.24) is 0 Å². The lowest BCUT2D eigenvalue weighted by molar-refractivity contribution is 0.0634. The predicted octanol–water partition coefficient (Wildman–Crippen LogP) is 2.93. The van der Waals surface area contributed by atoms with Crippen molar-refractivity contribution >= 4 is 5.97 Å². The molecule has 0 atom stereocenters. The van der Waals surface area contributed by atoms with Crippen molar-refractivity contribution in [3.05, 3.63) is 35.4 Å². The van der Waals surface area contributed by atoms with Crippen LogP contribution in [0.3, 0.4) is 0 Å². The van der Waals surface area contributed by atoms with Gasteiger partial charge in [0, 0.05) is 0 Å². The van der Waals surface area contributed by atoms with Crippen LogP contribution in [-0.4, -0.2) is 17.5 Å². The largest absolute Gasteiger partial charge is 0.478 e. The van der Waals surface area contributed by atoms with Crippen molar-refractivity contribution in [3.8, 4) is 0 Å². The number of rotatable bonds is 3. The minimum absolute atomic E-state index is 0.0669. The first-order valence-corrected chi connectivity index (χ1v) is 4.48. The van der Waals surface area contributed by atoms with E-state index in [0.717, 1.165) is 0 Å². The highest BCUT2D eigenvalue weighted by molar-refractivity contribution is 5.89. The van der Waals surface area contributed by atoms with Crippen molar-refractivity contribution in [2.45, 2.75) is 25.7 Å². The van der Waals surface area contributed by atoms with Crippen LogP contribution in [0.1, 0.15) is 29.8 Å². The fourth-order valence-corrected chi connectivity index (χ4v) is 1.35. The molecule has 0 amide bonds. The van der Waals surface area contributed by atoms with Gasteiger partial charge in [0.05, 0.1) is 11.0 Å². The number of carbonyl (C=O) groups is 1. The first-order chi connectivity index (χ1) is 6.87. The summed E-state index contributed by atoms with van der Waals surface area (Å²) >= 11 is 0. The molecule has 0 bridgehead atoms. The second-order valence-electron chi connectivity index (χ2n) is 3.87. The van der Waals surface area contributed by atoms with Crippen LogP contribution in [0.4, 0.5) is 8.78 Å². The van der Waals surface area contributed by atoms with Crippen LogP contribution in [0, 0.1) is 0 Å². The van der Waals surface area contributed by atoms with E-state index in [1.807, 2.05) is 0 Å². The lowest BCUT2D eigenvalue weighted by Crippen LogP contribution is -2.29. The van der Waals surface area contributed by atoms with Crippen LogP contribution in [0.2, 0.25) is 0 Å². The van der Waals surface area contributed by atoms with E-state index >= 15 is 0 Å². The summed E-state index contributed by atoms with van der Waals surface area (Å²) in [4.78, 5) is 10.8. The topological polar surface area (TPSA) is 37.3 Å². The van der Waals surface area contributed by atoms with Gasteiger partial charge in [0.25, 0.3) is 0 Å². The molecule has 0 radical (unpaired) electrons. The van der Waals surface area contributed by atoms with Gasteiger partial charge in [-0.15, -0.1) is 0 Å². The fourth-order valence-electron chi connectivity index (χ4n) is 1.35. The molecule has 0 aliphatic carbocycles. The van der Waals surface area contributed by atoms with Crippen molar-refractivity contribution in [3.63, 3.8) is 0 Å². The van der Waals surface area contributed by atoms with E-state index in [2.05, 4.69) is 0 Å². The highest BCUT2D eigenvalue weighted by Gasteiger charge is 2.34. The monoisotopic (exact) mass is 214 g/mol. The van der Waals surface area contributed by atoms with Crippen LogP contribution < -0.4 is 0 Å². The standard InChI is InChI=1S/C11H12F2O2/c1-11(2,10(12)13)8-6-4-3-5-7(8)9(14)15/h3-6,10H,1-2H3,(H,14,15). The molecule has 4 heteroatoms. The normalized spacial score (nSPS) is 11.8. The Hall–Kier alpha value is -1.45. The minimum atomic E-state index is -2.60. The second kappa shape index (κ2) is 3.96. The number of hydrogen-bond donors (Lipinski definition) is 1. The molecule has 1 aromatic carbocycles. The Morgan fingerprint density at radius 1 is 1.33 bits per heavy atom. The first-order valence-electron chi connectivity index (χ1n) is 4.48.